The number of esters is 1. The molecule has 0 aliphatic rings. The Balaban J connectivity index is 3.63. The van der Waals surface area contributed by atoms with Crippen molar-refractivity contribution in [2.45, 2.75) is 51.6 Å². The maximum Gasteiger partial charge on any atom is 0.305 e. The van der Waals surface area contributed by atoms with E-state index in [2.05, 4.69) is 23.8 Å². The molecule has 0 radical (unpaired) electrons. The Bertz CT molecular complexity index is 303. The van der Waals surface area contributed by atoms with Crippen LogP contribution in [0.3, 0.4) is 0 Å². The van der Waals surface area contributed by atoms with E-state index in [9.17, 15) is 9.90 Å². The highest BCUT2D eigenvalue weighted by Crippen LogP contribution is 2.03. The van der Waals surface area contributed by atoms with Crippen molar-refractivity contribution >= 4 is 5.97 Å². The molecule has 1 atom stereocenters. The first-order valence-corrected chi connectivity index (χ1v) is 6.94. The third-order valence-electron chi connectivity index (χ3n) is 2.58. The number of unbranched alkanes of at least 4 members (excludes halogenated alkanes) is 1. The number of allylic oxidation sites excluding steroid dienone is 5. The van der Waals surface area contributed by atoms with Gasteiger partial charge in [-0.05, 0) is 25.7 Å². The van der Waals surface area contributed by atoms with E-state index >= 15 is 0 Å². The van der Waals surface area contributed by atoms with Crippen molar-refractivity contribution in [2.75, 3.05) is 7.11 Å². The lowest BCUT2D eigenvalue weighted by Gasteiger charge is -2.03. The van der Waals surface area contributed by atoms with Gasteiger partial charge < -0.3 is 9.84 Å². The zero-order valence-electron chi connectivity index (χ0n) is 12.0. The fourth-order valence-electron chi connectivity index (χ4n) is 1.46. The van der Waals surface area contributed by atoms with E-state index in [1.165, 1.54) is 13.5 Å². The van der Waals surface area contributed by atoms with Crippen molar-refractivity contribution < 1.29 is 14.6 Å². The van der Waals surface area contributed by atoms with Gasteiger partial charge in [0, 0.05) is 6.42 Å². The number of ether oxygens (including phenoxy) is 1. The largest absolute Gasteiger partial charge is 0.469 e. The number of aliphatic hydroxyl groups is 1. The lowest BCUT2D eigenvalue weighted by atomic mass is 10.1. The first-order valence-electron chi connectivity index (χ1n) is 6.94. The lowest BCUT2D eigenvalue weighted by molar-refractivity contribution is -0.140. The molecule has 0 spiro atoms. The molecule has 0 aromatic heterocycles. The molecule has 0 aliphatic heterocycles. The Morgan fingerprint density at radius 2 is 2.05 bits per heavy atom. The summed E-state index contributed by atoms with van der Waals surface area (Å²) in [5, 5.41) is 9.62. The molecule has 0 amide bonds. The van der Waals surface area contributed by atoms with Gasteiger partial charge in [-0.2, -0.15) is 0 Å². The maximum absolute atomic E-state index is 10.9. The number of hydrogen-bond donors (Lipinski definition) is 1. The molecule has 0 aromatic rings. The van der Waals surface area contributed by atoms with Gasteiger partial charge in [-0.25, -0.2) is 0 Å². The lowest BCUT2D eigenvalue weighted by Crippen LogP contribution is -2.05. The van der Waals surface area contributed by atoms with Crippen molar-refractivity contribution in [2.24, 2.45) is 0 Å². The minimum absolute atomic E-state index is 0.227. The second-order valence-electron chi connectivity index (χ2n) is 4.34. The van der Waals surface area contributed by atoms with Gasteiger partial charge in [-0.1, -0.05) is 49.8 Å². The quantitative estimate of drug-likeness (QED) is 0.374. The van der Waals surface area contributed by atoms with E-state index in [-0.39, 0.29) is 5.97 Å². The minimum Gasteiger partial charge on any atom is -0.469 e. The molecular formula is C16H26O3. The van der Waals surface area contributed by atoms with Crippen LogP contribution in [-0.2, 0) is 9.53 Å². The van der Waals surface area contributed by atoms with E-state index in [1.54, 1.807) is 6.08 Å². The van der Waals surface area contributed by atoms with Crippen molar-refractivity contribution in [1.29, 1.82) is 0 Å². The highest BCUT2D eigenvalue weighted by Gasteiger charge is 2.02. The zero-order valence-corrected chi connectivity index (χ0v) is 12.0. The summed E-state index contributed by atoms with van der Waals surface area (Å²) < 4.78 is 4.53. The Kier molecular flexibility index (Phi) is 12.2. The van der Waals surface area contributed by atoms with E-state index < -0.39 is 6.10 Å². The Morgan fingerprint density at radius 3 is 2.74 bits per heavy atom. The fourth-order valence-corrected chi connectivity index (χ4v) is 1.46. The van der Waals surface area contributed by atoms with Crippen LogP contribution in [0.1, 0.15) is 45.4 Å². The van der Waals surface area contributed by atoms with Crippen LogP contribution in [0.5, 0.6) is 0 Å². The molecule has 3 heteroatoms. The van der Waals surface area contributed by atoms with Gasteiger partial charge in [0.05, 0.1) is 13.2 Å². The molecular weight excluding hydrogens is 240 g/mol. The molecule has 1 N–H and O–H groups in total. The van der Waals surface area contributed by atoms with E-state index in [1.807, 2.05) is 18.2 Å². The number of aliphatic hydroxyl groups excluding tert-OH is 1. The number of rotatable bonds is 10. The summed E-state index contributed by atoms with van der Waals surface area (Å²) in [5.41, 5.74) is 0. The summed E-state index contributed by atoms with van der Waals surface area (Å²) in [6.45, 7) is 2.16. The summed E-state index contributed by atoms with van der Waals surface area (Å²) in [6.07, 6.45) is 16.2. The third-order valence-corrected chi connectivity index (χ3v) is 2.58. The predicted octanol–water partition coefficient (Wildman–Crippen LogP) is 3.55. The normalized spacial score (nSPS) is 13.6. The second-order valence-corrected chi connectivity index (χ2v) is 4.34. The van der Waals surface area contributed by atoms with Crippen LogP contribution < -0.4 is 0 Å². The molecule has 3 nitrogen and oxygen atoms in total. The molecule has 0 heterocycles. The SMILES string of the molecule is CCCC=CCC=CC=CC(O)CCCC(=O)OC. The second kappa shape index (κ2) is 13.1. The van der Waals surface area contributed by atoms with Crippen LogP contribution in [0.2, 0.25) is 0 Å². The summed E-state index contributed by atoms with van der Waals surface area (Å²) in [7, 11) is 1.37. The molecule has 0 bridgehead atoms. The van der Waals surface area contributed by atoms with Crippen LogP contribution in [-0.4, -0.2) is 24.3 Å². The predicted molar refractivity (Wildman–Crippen MR) is 78.8 cm³/mol. The van der Waals surface area contributed by atoms with E-state index in [0.717, 1.165) is 12.8 Å². The third kappa shape index (κ3) is 12.9. The number of carbonyl (C=O) groups is 1. The summed E-state index contributed by atoms with van der Waals surface area (Å²) >= 11 is 0. The average molecular weight is 266 g/mol. The zero-order chi connectivity index (χ0) is 14.3. The smallest absolute Gasteiger partial charge is 0.305 e. The Morgan fingerprint density at radius 1 is 1.26 bits per heavy atom. The van der Waals surface area contributed by atoms with Crippen LogP contribution >= 0.6 is 0 Å². The molecule has 0 rings (SSSR count). The van der Waals surface area contributed by atoms with Crippen LogP contribution in [0.25, 0.3) is 0 Å². The Hall–Kier alpha value is -1.35. The summed E-state index contributed by atoms with van der Waals surface area (Å²) in [5.74, 6) is -0.227. The van der Waals surface area contributed by atoms with Gasteiger partial charge in [0.15, 0.2) is 0 Å². The molecule has 0 saturated heterocycles. The Labute approximate surface area is 116 Å². The maximum atomic E-state index is 10.9. The van der Waals surface area contributed by atoms with E-state index in [4.69, 9.17) is 0 Å². The fraction of sp³-hybridized carbons (Fsp3) is 0.562. The van der Waals surface area contributed by atoms with Gasteiger partial charge in [0.25, 0.3) is 0 Å². The van der Waals surface area contributed by atoms with Gasteiger partial charge in [0.1, 0.15) is 0 Å². The molecule has 0 saturated carbocycles. The summed E-state index contributed by atoms with van der Waals surface area (Å²) in [4.78, 5) is 10.9. The molecule has 108 valence electrons. The van der Waals surface area contributed by atoms with Crippen LogP contribution in [0.15, 0.2) is 36.5 Å². The highest BCUT2D eigenvalue weighted by atomic mass is 16.5. The van der Waals surface area contributed by atoms with Crippen molar-refractivity contribution in [3.63, 3.8) is 0 Å². The van der Waals surface area contributed by atoms with Crippen LogP contribution in [0.4, 0.5) is 0 Å². The average Bonchev–Trinajstić information content (AvgIpc) is 2.41. The van der Waals surface area contributed by atoms with Crippen LogP contribution in [0, 0.1) is 0 Å². The van der Waals surface area contributed by atoms with Crippen molar-refractivity contribution in [1.82, 2.24) is 0 Å². The highest BCUT2D eigenvalue weighted by molar-refractivity contribution is 5.68. The molecule has 1 unspecified atom stereocenters. The molecule has 0 aromatic carbocycles. The van der Waals surface area contributed by atoms with Crippen molar-refractivity contribution in [3.05, 3.63) is 36.5 Å². The monoisotopic (exact) mass is 266 g/mol. The minimum atomic E-state index is -0.495. The molecule has 0 aliphatic carbocycles. The first-order chi connectivity index (χ1) is 9.20. The van der Waals surface area contributed by atoms with Gasteiger partial charge in [-0.3, -0.25) is 4.79 Å². The topological polar surface area (TPSA) is 46.5 Å². The number of methoxy groups -OCH3 is 1. The molecule has 0 fully saturated rings. The standard InChI is InChI=1S/C16H26O3/c1-3-4-5-6-7-8-9-10-12-15(17)13-11-14-16(18)19-2/h5-6,8-10,12,15,17H,3-4,7,11,13-14H2,1-2H3. The summed E-state index contributed by atoms with van der Waals surface area (Å²) in [6, 6.07) is 0. The number of carbonyl (C=O) groups excluding carboxylic acids is 1. The van der Waals surface area contributed by atoms with Gasteiger partial charge in [-0.15, -0.1) is 0 Å². The number of hydrogen-bond acceptors (Lipinski definition) is 3. The van der Waals surface area contributed by atoms with Crippen molar-refractivity contribution in [3.8, 4) is 0 Å². The van der Waals surface area contributed by atoms with Gasteiger partial charge in [0.2, 0.25) is 0 Å². The van der Waals surface area contributed by atoms with Gasteiger partial charge >= 0.3 is 5.97 Å². The molecule has 19 heavy (non-hydrogen) atoms. The first kappa shape index (κ1) is 17.6. The van der Waals surface area contributed by atoms with E-state index in [0.29, 0.717) is 19.3 Å².